The maximum atomic E-state index is 13.8. The van der Waals surface area contributed by atoms with Gasteiger partial charge in [-0.1, -0.05) is 12.1 Å². The average molecular weight is 480 g/mol. The van der Waals surface area contributed by atoms with Crippen LogP contribution in [0.4, 0.5) is 23.7 Å². The summed E-state index contributed by atoms with van der Waals surface area (Å²) in [6.45, 7) is 5.42. The van der Waals surface area contributed by atoms with E-state index in [1.54, 1.807) is 6.07 Å². The van der Waals surface area contributed by atoms with Crippen molar-refractivity contribution in [3.63, 3.8) is 0 Å². The first kappa shape index (κ1) is 23.5. The van der Waals surface area contributed by atoms with Gasteiger partial charge < -0.3 is 19.4 Å². The molecule has 0 aromatic heterocycles. The monoisotopic (exact) mass is 479 g/mol. The minimum Gasteiger partial charge on any atom is -0.450 e. The number of carbonyl (C=O) groups is 2. The van der Waals surface area contributed by atoms with Gasteiger partial charge in [0, 0.05) is 37.0 Å². The van der Waals surface area contributed by atoms with E-state index in [4.69, 9.17) is 4.74 Å². The third kappa shape index (κ3) is 3.76. The van der Waals surface area contributed by atoms with E-state index in [9.17, 15) is 22.8 Å². The number of carbonyl (C=O) groups excluding carboxylic acids is 2. The Balaban J connectivity index is 1.33. The molecule has 2 amide bonds. The van der Waals surface area contributed by atoms with Crippen LogP contribution >= 0.6 is 0 Å². The molecule has 5 rings (SSSR count). The molecule has 6 nitrogen and oxygen atoms in total. The maximum Gasteiger partial charge on any atom is 0.418 e. The smallest absolute Gasteiger partial charge is 0.418 e. The molecule has 186 valence electrons. The molecule has 2 bridgehead atoms. The Morgan fingerprint density at radius 3 is 2.29 bits per heavy atom. The molecule has 9 heteroatoms. The molecule has 2 unspecified atom stereocenters. The van der Waals surface area contributed by atoms with Gasteiger partial charge in [-0.3, -0.25) is 4.79 Å². The zero-order valence-electron chi connectivity index (χ0n) is 19.7. The summed E-state index contributed by atoms with van der Waals surface area (Å²) in [5.74, 6) is -0.347. The molecule has 4 heterocycles. The topological polar surface area (TPSA) is 53.1 Å². The second-order valence-corrected chi connectivity index (χ2v) is 10.2. The second kappa shape index (κ2) is 8.43. The normalized spacial score (nSPS) is 28.3. The highest BCUT2D eigenvalue weighted by Gasteiger charge is 2.51. The Kier molecular flexibility index (Phi) is 5.81. The van der Waals surface area contributed by atoms with Gasteiger partial charge >= 0.3 is 12.3 Å². The number of alkyl halides is 3. The van der Waals surface area contributed by atoms with Crippen molar-refractivity contribution in [1.82, 2.24) is 9.80 Å². The van der Waals surface area contributed by atoms with Crippen LogP contribution in [0.25, 0.3) is 0 Å². The first-order chi connectivity index (χ1) is 16.1. The van der Waals surface area contributed by atoms with Gasteiger partial charge in [-0.05, 0) is 70.2 Å². The number of nitrogens with zero attached hydrogens (tertiary/aromatic N) is 3. The van der Waals surface area contributed by atoms with Crippen LogP contribution in [0.1, 0.15) is 63.5 Å². The van der Waals surface area contributed by atoms with Crippen molar-refractivity contribution in [3.8, 4) is 0 Å². The Morgan fingerprint density at radius 1 is 1.09 bits per heavy atom. The fourth-order valence-electron chi connectivity index (χ4n) is 6.91. The first-order valence-corrected chi connectivity index (χ1v) is 12.3. The van der Waals surface area contributed by atoms with Gasteiger partial charge in [0.2, 0.25) is 5.91 Å². The Morgan fingerprint density at radius 2 is 1.74 bits per heavy atom. The standard InChI is InChI=1S/C25H32F3N3O3/c1-3-34-23(33)31-17-7-8-18(31)14-19(13-17)29-11-9-24(10-12-29)15-30(16(2)32)22-20(24)5-4-6-21(22)25(26,27)28/h4-6,17-19H,3,7-15H2,1-2H3. The van der Waals surface area contributed by atoms with Crippen LogP contribution in [-0.2, 0) is 21.1 Å². The fraction of sp³-hybridized carbons (Fsp3) is 0.680. The van der Waals surface area contributed by atoms with Crippen molar-refractivity contribution in [2.45, 2.75) is 82.1 Å². The van der Waals surface area contributed by atoms with E-state index >= 15 is 0 Å². The van der Waals surface area contributed by atoms with Crippen LogP contribution in [0.2, 0.25) is 0 Å². The van der Waals surface area contributed by atoms with E-state index in [-0.39, 0.29) is 29.8 Å². The number of halogens is 3. The molecule has 0 radical (unpaired) electrons. The van der Waals surface area contributed by atoms with Crippen LogP contribution < -0.4 is 4.90 Å². The first-order valence-electron chi connectivity index (χ1n) is 12.3. The summed E-state index contributed by atoms with van der Waals surface area (Å²) in [6.07, 6.45) is 0.554. The quantitative estimate of drug-likeness (QED) is 0.624. The summed E-state index contributed by atoms with van der Waals surface area (Å²) < 4.78 is 46.6. The lowest BCUT2D eigenvalue weighted by molar-refractivity contribution is -0.137. The van der Waals surface area contributed by atoms with Gasteiger partial charge in [-0.25, -0.2) is 4.79 Å². The third-order valence-corrected chi connectivity index (χ3v) is 8.48. The van der Waals surface area contributed by atoms with Crippen molar-refractivity contribution in [3.05, 3.63) is 29.3 Å². The van der Waals surface area contributed by atoms with Gasteiger partial charge in [0.25, 0.3) is 0 Å². The van der Waals surface area contributed by atoms with E-state index < -0.39 is 17.2 Å². The number of likely N-dealkylation sites (tertiary alicyclic amines) is 1. The summed E-state index contributed by atoms with van der Waals surface area (Å²) in [4.78, 5) is 30.5. The highest BCUT2D eigenvalue weighted by Crippen LogP contribution is 2.52. The number of fused-ring (bicyclic) bond motifs is 4. The predicted molar refractivity (Wildman–Crippen MR) is 121 cm³/mol. The van der Waals surface area contributed by atoms with E-state index in [1.165, 1.54) is 17.9 Å². The molecule has 1 aromatic carbocycles. The average Bonchev–Trinajstić information content (AvgIpc) is 3.25. The van der Waals surface area contributed by atoms with Crippen LogP contribution in [0.5, 0.6) is 0 Å². The Bertz CT molecular complexity index is 960. The summed E-state index contributed by atoms with van der Waals surface area (Å²) in [5.41, 5.74) is -0.447. The van der Waals surface area contributed by atoms with Gasteiger partial charge in [0.05, 0.1) is 17.9 Å². The Labute approximate surface area is 198 Å². The number of ether oxygens (including phenoxy) is 1. The lowest BCUT2D eigenvalue weighted by Crippen LogP contribution is -2.55. The van der Waals surface area contributed by atoms with Crippen LogP contribution in [0.3, 0.4) is 0 Å². The van der Waals surface area contributed by atoms with Crippen molar-refractivity contribution in [2.75, 3.05) is 31.1 Å². The molecular weight excluding hydrogens is 447 g/mol. The number of para-hydroxylation sites is 1. The summed E-state index contributed by atoms with van der Waals surface area (Å²) >= 11 is 0. The highest BCUT2D eigenvalue weighted by atomic mass is 19.4. The molecular formula is C25H32F3N3O3. The van der Waals surface area contributed by atoms with Crippen LogP contribution in [0.15, 0.2) is 18.2 Å². The van der Waals surface area contributed by atoms with Crippen molar-refractivity contribution in [1.29, 1.82) is 0 Å². The van der Waals surface area contributed by atoms with E-state index in [0.29, 0.717) is 24.8 Å². The minimum atomic E-state index is -4.50. The van der Waals surface area contributed by atoms with Crippen LogP contribution in [0, 0.1) is 0 Å². The van der Waals surface area contributed by atoms with E-state index in [2.05, 4.69) is 4.90 Å². The van der Waals surface area contributed by atoms with Crippen molar-refractivity contribution < 1.29 is 27.5 Å². The van der Waals surface area contributed by atoms with E-state index in [1.807, 2.05) is 11.8 Å². The number of anilines is 1. The number of hydrogen-bond donors (Lipinski definition) is 0. The van der Waals surface area contributed by atoms with E-state index in [0.717, 1.165) is 57.7 Å². The largest absolute Gasteiger partial charge is 0.450 e. The SMILES string of the molecule is CCOC(=O)N1C2CCC1CC(N1CCC3(CC1)CN(C(C)=O)c1c(C(F)(F)F)cccc13)C2. The van der Waals surface area contributed by atoms with Crippen LogP contribution in [-0.4, -0.2) is 66.2 Å². The molecule has 1 spiro atoms. The molecule has 4 aliphatic rings. The summed E-state index contributed by atoms with van der Waals surface area (Å²) in [6, 6.07) is 5.10. The molecule has 0 saturated carbocycles. The zero-order chi connectivity index (χ0) is 24.3. The molecule has 2 atom stereocenters. The van der Waals surface area contributed by atoms with Crippen molar-refractivity contribution >= 4 is 17.7 Å². The second-order valence-electron chi connectivity index (χ2n) is 10.2. The third-order valence-electron chi connectivity index (χ3n) is 8.48. The highest BCUT2D eigenvalue weighted by molar-refractivity contribution is 5.96. The summed E-state index contributed by atoms with van der Waals surface area (Å²) in [5, 5.41) is 0. The number of benzene rings is 1. The molecule has 3 saturated heterocycles. The number of piperidine rings is 2. The molecule has 0 aliphatic carbocycles. The van der Waals surface area contributed by atoms with Gasteiger partial charge in [0.1, 0.15) is 0 Å². The molecule has 34 heavy (non-hydrogen) atoms. The number of hydrogen-bond acceptors (Lipinski definition) is 4. The molecule has 0 N–H and O–H groups in total. The maximum absolute atomic E-state index is 13.8. The van der Waals surface area contributed by atoms with Gasteiger partial charge in [0.15, 0.2) is 0 Å². The zero-order valence-corrected chi connectivity index (χ0v) is 19.7. The molecule has 1 aromatic rings. The number of rotatable bonds is 2. The fourth-order valence-corrected chi connectivity index (χ4v) is 6.91. The lowest BCUT2D eigenvalue weighted by atomic mass is 9.73. The number of amides is 2. The molecule has 3 fully saturated rings. The Hall–Kier alpha value is -2.29. The minimum absolute atomic E-state index is 0.0525. The van der Waals surface area contributed by atoms with Crippen molar-refractivity contribution in [2.24, 2.45) is 0 Å². The predicted octanol–water partition coefficient (Wildman–Crippen LogP) is 4.56. The van der Waals surface area contributed by atoms with Gasteiger partial charge in [-0.15, -0.1) is 0 Å². The summed E-state index contributed by atoms with van der Waals surface area (Å²) in [7, 11) is 0. The van der Waals surface area contributed by atoms with Gasteiger partial charge in [-0.2, -0.15) is 13.2 Å². The molecule has 4 aliphatic heterocycles. The lowest BCUT2D eigenvalue weighted by Gasteiger charge is -2.47.